The lowest BCUT2D eigenvalue weighted by Crippen LogP contribution is -2.45. The van der Waals surface area contributed by atoms with Gasteiger partial charge < -0.3 is 16.0 Å². The van der Waals surface area contributed by atoms with Gasteiger partial charge in [0.15, 0.2) is 0 Å². The number of carbonyl (C=O) groups is 1. The van der Waals surface area contributed by atoms with Crippen LogP contribution in [0.2, 0.25) is 10.0 Å². The quantitative estimate of drug-likeness (QED) is 0.897. The first kappa shape index (κ1) is 14.4. The van der Waals surface area contributed by atoms with Crippen molar-refractivity contribution in [3.8, 4) is 0 Å². The molecule has 1 fully saturated rings. The second kappa shape index (κ2) is 5.99. The summed E-state index contributed by atoms with van der Waals surface area (Å²) in [5, 5.41) is 3.75. The molecule has 1 saturated carbocycles. The van der Waals surface area contributed by atoms with Crippen molar-refractivity contribution < 1.29 is 4.79 Å². The maximum Gasteiger partial charge on any atom is 0.321 e. The van der Waals surface area contributed by atoms with Crippen molar-refractivity contribution in [3.05, 3.63) is 28.2 Å². The van der Waals surface area contributed by atoms with Crippen LogP contribution >= 0.6 is 23.2 Å². The molecule has 1 atom stereocenters. The highest BCUT2D eigenvalue weighted by molar-refractivity contribution is 6.35. The summed E-state index contributed by atoms with van der Waals surface area (Å²) in [6.45, 7) is 0.470. The van der Waals surface area contributed by atoms with E-state index < -0.39 is 0 Å². The molecule has 4 nitrogen and oxygen atoms in total. The Morgan fingerprint density at radius 2 is 2.21 bits per heavy atom. The molecule has 0 saturated heterocycles. The van der Waals surface area contributed by atoms with Crippen LogP contribution in [-0.4, -0.2) is 30.6 Å². The van der Waals surface area contributed by atoms with E-state index >= 15 is 0 Å². The van der Waals surface area contributed by atoms with Crippen LogP contribution in [0.5, 0.6) is 0 Å². The number of likely N-dealkylation sites (N-methyl/N-ethyl adjacent to an activating group) is 1. The first-order valence-corrected chi connectivity index (χ1v) is 6.97. The predicted molar refractivity (Wildman–Crippen MR) is 78.8 cm³/mol. The van der Waals surface area contributed by atoms with E-state index in [2.05, 4.69) is 5.32 Å². The summed E-state index contributed by atoms with van der Waals surface area (Å²) >= 11 is 11.9. The van der Waals surface area contributed by atoms with Crippen LogP contribution in [-0.2, 0) is 0 Å². The van der Waals surface area contributed by atoms with Gasteiger partial charge in [-0.05, 0) is 37.0 Å². The van der Waals surface area contributed by atoms with Crippen LogP contribution in [0.3, 0.4) is 0 Å². The SMILES string of the molecule is CN(C(=O)Nc1cc(Cl)ccc1Cl)C(CN)C1CC1. The Kier molecular flexibility index (Phi) is 4.55. The number of halogens is 2. The Morgan fingerprint density at radius 1 is 1.53 bits per heavy atom. The van der Waals surface area contributed by atoms with Crippen LogP contribution in [0.25, 0.3) is 0 Å². The molecule has 0 aliphatic heterocycles. The minimum atomic E-state index is -0.216. The van der Waals surface area contributed by atoms with Gasteiger partial charge in [-0.3, -0.25) is 0 Å². The lowest BCUT2D eigenvalue weighted by atomic mass is 10.1. The predicted octanol–water partition coefficient (Wildman–Crippen LogP) is 3.19. The Labute approximate surface area is 122 Å². The zero-order chi connectivity index (χ0) is 14.0. The second-order valence-corrected chi connectivity index (χ2v) is 5.65. The van der Waals surface area contributed by atoms with Gasteiger partial charge in [-0.25, -0.2) is 4.79 Å². The highest BCUT2D eigenvalue weighted by atomic mass is 35.5. The summed E-state index contributed by atoms with van der Waals surface area (Å²) in [6, 6.07) is 4.82. The summed E-state index contributed by atoms with van der Waals surface area (Å²) in [7, 11) is 1.75. The number of anilines is 1. The normalized spacial score (nSPS) is 16.0. The number of hydrogen-bond donors (Lipinski definition) is 2. The first-order chi connectivity index (χ1) is 9.02. The highest BCUT2D eigenvalue weighted by Gasteiger charge is 2.34. The maximum absolute atomic E-state index is 12.2. The molecule has 0 radical (unpaired) electrons. The third-order valence-electron chi connectivity index (χ3n) is 3.40. The molecule has 0 bridgehead atoms. The van der Waals surface area contributed by atoms with Crippen molar-refractivity contribution in [1.82, 2.24) is 4.90 Å². The van der Waals surface area contributed by atoms with Crippen LogP contribution < -0.4 is 11.1 Å². The molecule has 1 unspecified atom stereocenters. The number of nitrogens with zero attached hydrogens (tertiary/aromatic N) is 1. The summed E-state index contributed by atoms with van der Waals surface area (Å²) in [4.78, 5) is 13.8. The van der Waals surface area contributed by atoms with E-state index in [4.69, 9.17) is 28.9 Å². The number of amides is 2. The van der Waals surface area contributed by atoms with Crippen LogP contribution in [0.15, 0.2) is 18.2 Å². The van der Waals surface area contributed by atoms with Crippen LogP contribution in [0.1, 0.15) is 12.8 Å². The standard InChI is InChI=1S/C13H17Cl2N3O/c1-18(12(7-16)8-2-3-8)13(19)17-11-6-9(14)4-5-10(11)15/h4-6,8,12H,2-3,7,16H2,1H3,(H,17,19). The van der Waals surface area contributed by atoms with Gasteiger partial charge in [0, 0.05) is 24.7 Å². The molecule has 1 aromatic carbocycles. The average Bonchev–Trinajstić information content (AvgIpc) is 3.19. The molecule has 1 aromatic rings. The molecule has 0 aromatic heterocycles. The van der Waals surface area contributed by atoms with Crippen molar-refractivity contribution in [1.29, 1.82) is 0 Å². The molecule has 104 valence electrons. The Morgan fingerprint density at radius 3 is 2.79 bits per heavy atom. The van der Waals surface area contributed by atoms with Crippen molar-refractivity contribution >= 4 is 34.9 Å². The fourth-order valence-electron chi connectivity index (χ4n) is 2.10. The summed E-state index contributed by atoms with van der Waals surface area (Å²) in [6.07, 6.45) is 2.27. The minimum Gasteiger partial charge on any atom is -0.328 e. The number of nitrogens with two attached hydrogens (primary N) is 1. The lowest BCUT2D eigenvalue weighted by molar-refractivity contribution is 0.198. The third kappa shape index (κ3) is 3.53. The summed E-state index contributed by atoms with van der Waals surface area (Å²) in [5.41, 5.74) is 6.24. The number of hydrogen-bond acceptors (Lipinski definition) is 2. The van der Waals surface area contributed by atoms with E-state index in [1.165, 1.54) is 0 Å². The number of rotatable bonds is 4. The highest BCUT2D eigenvalue weighted by Crippen LogP contribution is 2.35. The van der Waals surface area contributed by atoms with E-state index in [-0.39, 0.29) is 12.1 Å². The van der Waals surface area contributed by atoms with Gasteiger partial charge in [-0.1, -0.05) is 23.2 Å². The topological polar surface area (TPSA) is 58.4 Å². The molecule has 1 aliphatic rings. The number of urea groups is 1. The van der Waals surface area contributed by atoms with Gasteiger partial charge in [0.05, 0.1) is 10.7 Å². The van der Waals surface area contributed by atoms with E-state index in [0.29, 0.717) is 28.2 Å². The summed E-state index contributed by atoms with van der Waals surface area (Å²) in [5.74, 6) is 0.524. The van der Waals surface area contributed by atoms with Gasteiger partial charge in [-0.2, -0.15) is 0 Å². The molecule has 2 amide bonds. The monoisotopic (exact) mass is 301 g/mol. The molecular weight excluding hydrogens is 285 g/mol. The third-order valence-corrected chi connectivity index (χ3v) is 3.96. The Balaban J connectivity index is 2.05. The van der Waals surface area contributed by atoms with Gasteiger partial charge >= 0.3 is 6.03 Å². The smallest absolute Gasteiger partial charge is 0.321 e. The van der Waals surface area contributed by atoms with Gasteiger partial charge in [-0.15, -0.1) is 0 Å². The molecule has 19 heavy (non-hydrogen) atoms. The minimum absolute atomic E-state index is 0.0814. The van der Waals surface area contributed by atoms with Crippen LogP contribution in [0.4, 0.5) is 10.5 Å². The van der Waals surface area contributed by atoms with Crippen molar-refractivity contribution in [2.24, 2.45) is 11.7 Å². The van der Waals surface area contributed by atoms with Crippen molar-refractivity contribution in [2.45, 2.75) is 18.9 Å². The number of benzene rings is 1. The molecule has 3 N–H and O–H groups in total. The van der Waals surface area contributed by atoms with E-state index in [0.717, 1.165) is 12.8 Å². The first-order valence-electron chi connectivity index (χ1n) is 6.22. The van der Waals surface area contributed by atoms with Crippen molar-refractivity contribution in [3.63, 3.8) is 0 Å². The zero-order valence-corrected chi connectivity index (χ0v) is 12.2. The fraction of sp³-hybridized carbons (Fsp3) is 0.462. The van der Waals surface area contributed by atoms with E-state index in [1.807, 2.05) is 0 Å². The largest absolute Gasteiger partial charge is 0.328 e. The lowest BCUT2D eigenvalue weighted by Gasteiger charge is -2.27. The van der Waals surface area contributed by atoms with Gasteiger partial charge in [0.2, 0.25) is 0 Å². The molecule has 0 spiro atoms. The molecule has 2 rings (SSSR count). The van der Waals surface area contributed by atoms with Crippen molar-refractivity contribution in [2.75, 3.05) is 18.9 Å². The van der Waals surface area contributed by atoms with Crippen LogP contribution in [0, 0.1) is 5.92 Å². The Bertz CT molecular complexity index is 477. The molecule has 6 heteroatoms. The van der Waals surface area contributed by atoms with Gasteiger partial charge in [0.25, 0.3) is 0 Å². The maximum atomic E-state index is 12.2. The number of carbonyl (C=O) groups excluding carboxylic acids is 1. The fourth-order valence-corrected chi connectivity index (χ4v) is 2.43. The Hall–Kier alpha value is -0.970. The zero-order valence-electron chi connectivity index (χ0n) is 10.7. The second-order valence-electron chi connectivity index (χ2n) is 4.81. The van der Waals surface area contributed by atoms with Gasteiger partial charge in [0.1, 0.15) is 0 Å². The molecule has 0 heterocycles. The number of nitrogens with one attached hydrogen (secondary N) is 1. The average molecular weight is 302 g/mol. The molecule has 1 aliphatic carbocycles. The summed E-state index contributed by atoms with van der Waals surface area (Å²) < 4.78 is 0. The molecular formula is C13H17Cl2N3O. The van der Waals surface area contributed by atoms with E-state index in [9.17, 15) is 4.79 Å². The van der Waals surface area contributed by atoms with E-state index in [1.54, 1.807) is 30.1 Å².